The Balaban J connectivity index is 2.17. The Morgan fingerprint density at radius 1 is 1.25 bits per heavy atom. The van der Waals surface area contributed by atoms with Crippen LogP contribution in [-0.2, 0) is 6.42 Å². The predicted molar refractivity (Wildman–Crippen MR) is 82.3 cm³/mol. The first-order valence-electron chi connectivity index (χ1n) is 6.52. The first-order valence-corrected chi connectivity index (χ1v) is 7.31. The van der Waals surface area contributed by atoms with Gasteiger partial charge in [-0.1, -0.05) is 28.1 Å². The van der Waals surface area contributed by atoms with Gasteiger partial charge < -0.3 is 10.5 Å². The van der Waals surface area contributed by atoms with Crippen molar-refractivity contribution >= 4 is 15.9 Å². The lowest BCUT2D eigenvalue weighted by Crippen LogP contribution is -2.14. The van der Waals surface area contributed by atoms with E-state index in [1.165, 1.54) is 12.1 Å². The lowest BCUT2D eigenvalue weighted by atomic mass is 9.99. The van der Waals surface area contributed by atoms with Crippen molar-refractivity contribution in [1.29, 1.82) is 0 Å². The molecule has 0 aliphatic rings. The highest BCUT2D eigenvalue weighted by molar-refractivity contribution is 9.10. The van der Waals surface area contributed by atoms with Gasteiger partial charge in [0.15, 0.2) is 0 Å². The van der Waals surface area contributed by atoms with Gasteiger partial charge in [-0.05, 0) is 54.8 Å². The van der Waals surface area contributed by atoms with Gasteiger partial charge in [-0.2, -0.15) is 0 Å². The van der Waals surface area contributed by atoms with Crippen molar-refractivity contribution in [2.75, 3.05) is 6.61 Å². The van der Waals surface area contributed by atoms with Gasteiger partial charge in [0.05, 0.1) is 6.61 Å². The molecule has 0 bridgehead atoms. The molecule has 0 saturated heterocycles. The summed E-state index contributed by atoms with van der Waals surface area (Å²) in [6, 6.07) is 12.1. The second-order valence-corrected chi connectivity index (χ2v) is 5.41. The van der Waals surface area contributed by atoms with E-state index in [0.717, 1.165) is 21.3 Å². The highest BCUT2D eigenvalue weighted by atomic mass is 79.9. The van der Waals surface area contributed by atoms with Crippen molar-refractivity contribution in [2.24, 2.45) is 5.73 Å². The van der Waals surface area contributed by atoms with E-state index in [2.05, 4.69) is 15.9 Å². The summed E-state index contributed by atoms with van der Waals surface area (Å²) in [7, 11) is 0. The second-order valence-electron chi connectivity index (χ2n) is 4.55. The van der Waals surface area contributed by atoms with Gasteiger partial charge in [-0.25, -0.2) is 4.39 Å². The Morgan fingerprint density at radius 2 is 2.05 bits per heavy atom. The van der Waals surface area contributed by atoms with Gasteiger partial charge in [0.25, 0.3) is 0 Å². The van der Waals surface area contributed by atoms with Crippen molar-refractivity contribution in [1.82, 2.24) is 0 Å². The molecule has 2 nitrogen and oxygen atoms in total. The van der Waals surface area contributed by atoms with Crippen LogP contribution in [0.4, 0.5) is 4.39 Å². The number of nitrogens with two attached hydrogens (primary N) is 1. The zero-order valence-corrected chi connectivity index (χ0v) is 12.9. The Bertz CT molecular complexity index is 588. The fraction of sp³-hybridized carbons (Fsp3) is 0.250. The van der Waals surface area contributed by atoms with E-state index in [1.54, 1.807) is 6.07 Å². The average Bonchev–Trinajstić information content (AvgIpc) is 2.43. The third kappa shape index (κ3) is 3.81. The van der Waals surface area contributed by atoms with Crippen molar-refractivity contribution in [3.05, 3.63) is 63.9 Å². The van der Waals surface area contributed by atoms with E-state index in [9.17, 15) is 4.39 Å². The number of ether oxygens (including phenoxy) is 1. The molecule has 0 spiro atoms. The molecule has 0 aliphatic carbocycles. The molecule has 2 rings (SSSR count). The summed E-state index contributed by atoms with van der Waals surface area (Å²) in [5.41, 5.74) is 8.05. The van der Waals surface area contributed by atoms with Crippen molar-refractivity contribution in [3.63, 3.8) is 0 Å². The summed E-state index contributed by atoms with van der Waals surface area (Å²) in [6.07, 6.45) is 0.563. The molecular weight excluding hydrogens is 321 g/mol. The minimum Gasteiger partial charge on any atom is -0.494 e. The molecule has 2 N–H and O–H groups in total. The highest BCUT2D eigenvalue weighted by Gasteiger charge is 2.11. The zero-order valence-electron chi connectivity index (χ0n) is 11.3. The highest BCUT2D eigenvalue weighted by Crippen LogP contribution is 2.25. The number of hydrogen-bond donors (Lipinski definition) is 1. The molecular formula is C16H17BrFNO. The quantitative estimate of drug-likeness (QED) is 0.886. The van der Waals surface area contributed by atoms with Crippen LogP contribution in [0.1, 0.15) is 24.1 Å². The molecule has 4 heteroatoms. The number of benzene rings is 2. The van der Waals surface area contributed by atoms with Gasteiger partial charge in [-0.15, -0.1) is 0 Å². The molecule has 0 radical (unpaired) electrons. The third-order valence-electron chi connectivity index (χ3n) is 3.04. The van der Waals surface area contributed by atoms with Crippen LogP contribution in [0.3, 0.4) is 0 Å². The van der Waals surface area contributed by atoms with Crippen molar-refractivity contribution < 1.29 is 9.13 Å². The van der Waals surface area contributed by atoms with E-state index >= 15 is 0 Å². The van der Waals surface area contributed by atoms with Crippen LogP contribution in [0.15, 0.2) is 46.9 Å². The van der Waals surface area contributed by atoms with Crippen LogP contribution in [0.2, 0.25) is 0 Å². The average molecular weight is 338 g/mol. The molecule has 20 heavy (non-hydrogen) atoms. The standard InChI is InChI=1S/C16H17BrFNO/c1-2-20-14-5-3-4-11(9-14)16(19)10-12-8-13(18)6-7-15(12)17/h3-9,16H,2,10,19H2,1H3. The van der Waals surface area contributed by atoms with Gasteiger partial charge in [0.1, 0.15) is 11.6 Å². The molecule has 0 fully saturated rings. The molecule has 0 heterocycles. The third-order valence-corrected chi connectivity index (χ3v) is 3.82. The molecule has 0 aliphatic heterocycles. The Labute approximate surface area is 126 Å². The number of hydrogen-bond acceptors (Lipinski definition) is 2. The largest absolute Gasteiger partial charge is 0.494 e. The van der Waals surface area contributed by atoms with Gasteiger partial charge in [0, 0.05) is 10.5 Å². The van der Waals surface area contributed by atoms with Crippen LogP contribution in [0.5, 0.6) is 5.75 Å². The molecule has 1 unspecified atom stereocenters. The molecule has 0 saturated carbocycles. The maximum atomic E-state index is 13.3. The van der Waals surface area contributed by atoms with Crippen molar-refractivity contribution in [2.45, 2.75) is 19.4 Å². The van der Waals surface area contributed by atoms with E-state index in [4.69, 9.17) is 10.5 Å². The molecule has 2 aromatic rings. The van der Waals surface area contributed by atoms with Crippen LogP contribution in [-0.4, -0.2) is 6.61 Å². The van der Waals surface area contributed by atoms with E-state index in [0.29, 0.717) is 13.0 Å². The molecule has 2 aromatic carbocycles. The predicted octanol–water partition coefficient (Wildman–Crippen LogP) is 4.23. The SMILES string of the molecule is CCOc1cccc(C(N)Cc2cc(F)ccc2Br)c1. The summed E-state index contributed by atoms with van der Waals surface area (Å²) in [5.74, 6) is 0.553. The minimum absolute atomic E-state index is 0.200. The van der Waals surface area contributed by atoms with Crippen molar-refractivity contribution in [3.8, 4) is 5.75 Å². The summed E-state index contributed by atoms with van der Waals surface area (Å²) in [6.45, 7) is 2.56. The summed E-state index contributed by atoms with van der Waals surface area (Å²) in [5, 5.41) is 0. The summed E-state index contributed by atoms with van der Waals surface area (Å²) < 4.78 is 19.6. The van der Waals surface area contributed by atoms with Crippen LogP contribution >= 0.6 is 15.9 Å². The monoisotopic (exact) mass is 337 g/mol. The van der Waals surface area contributed by atoms with E-state index < -0.39 is 0 Å². The first-order chi connectivity index (χ1) is 9.60. The Kier molecular flexibility index (Phi) is 5.15. The summed E-state index contributed by atoms with van der Waals surface area (Å²) >= 11 is 3.42. The fourth-order valence-corrected chi connectivity index (χ4v) is 2.46. The van der Waals surface area contributed by atoms with E-state index in [1.807, 2.05) is 31.2 Å². The van der Waals surface area contributed by atoms with Crippen LogP contribution in [0.25, 0.3) is 0 Å². The van der Waals surface area contributed by atoms with Crippen LogP contribution in [0, 0.1) is 5.82 Å². The Morgan fingerprint density at radius 3 is 2.80 bits per heavy atom. The minimum atomic E-state index is -0.251. The van der Waals surface area contributed by atoms with E-state index in [-0.39, 0.29) is 11.9 Å². The summed E-state index contributed by atoms with van der Waals surface area (Å²) in [4.78, 5) is 0. The zero-order chi connectivity index (χ0) is 14.5. The smallest absolute Gasteiger partial charge is 0.123 e. The topological polar surface area (TPSA) is 35.2 Å². The Hall–Kier alpha value is -1.39. The van der Waals surface area contributed by atoms with Gasteiger partial charge in [-0.3, -0.25) is 0 Å². The van der Waals surface area contributed by atoms with Gasteiger partial charge in [0.2, 0.25) is 0 Å². The number of halogens is 2. The maximum absolute atomic E-state index is 13.3. The molecule has 0 aromatic heterocycles. The fourth-order valence-electron chi connectivity index (χ4n) is 2.06. The molecule has 1 atom stereocenters. The normalized spacial score (nSPS) is 12.2. The molecule has 106 valence electrons. The lowest BCUT2D eigenvalue weighted by molar-refractivity contribution is 0.339. The number of rotatable bonds is 5. The van der Waals surface area contributed by atoms with Gasteiger partial charge >= 0.3 is 0 Å². The maximum Gasteiger partial charge on any atom is 0.123 e. The lowest BCUT2D eigenvalue weighted by Gasteiger charge is -2.14. The first kappa shape index (κ1) is 15.0. The molecule has 0 amide bonds. The van der Waals surface area contributed by atoms with Crippen LogP contribution < -0.4 is 10.5 Å². The second kappa shape index (κ2) is 6.86.